The standard InChI is InChI=1S/C8H9BrClN3O/c9-6-3-11-8(10)13-7(6)12-5-1-2-14-4-5/h3,5H,1-2,4H2,(H,11,12,13). The van der Waals surface area contributed by atoms with Gasteiger partial charge in [-0.2, -0.15) is 4.98 Å². The second kappa shape index (κ2) is 4.42. The maximum Gasteiger partial charge on any atom is 0.224 e. The number of halogens is 2. The van der Waals surface area contributed by atoms with Gasteiger partial charge in [-0.3, -0.25) is 0 Å². The summed E-state index contributed by atoms with van der Waals surface area (Å²) in [6, 6.07) is 0.317. The normalized spacial score (nSPS) is 21.1. The number of ether oxygens (including phenoxy) is 1. The monoisotopic (exact) mass is 277 g/mol. The van der Waals surface area contributed by atoms with E-state index in [1.807, 2.05) is 0 Å². The minimum Gasteiger partial charge on any atom is -0.379 e. The first-order chi connectivity index (χ1) is 6.75. The molecule has 0 radical (unpaired) electrons. The molecule has 2 rings (SSSR count). The van der Waals surface area contributed by atoms with E-state index in [2.05, 4.69) is 31.2 Å². The van der Waals surface area contributed by atoms with Crippen molar-refractivity contribution in [3.63, 3.8) is 0 Å². The fraction of sp³-hybridized carbons (Fsp3) is 0.500. The number of rotatable bonds is 2. The molecule has 1 aromatic heterocycles. The predicted octanol–water partition coefficient (Wildman–Crippen LogP) is 2.09. The zero-order chi connectivity index (χ0) is 9.97. The van der Waals surface area contributed by atoms with Crippen molar-refractivity contribution in [2.45, 2.75) is 12.5 Å². The summed E-state index contributed by atoms with van der Waals surface area (Å²) in [5.41, 5.74) is 0. The highest BCUT2D eigenvalue weighted by Gasteiger charge is 2.17. The van der Waals surface area contributed by atoms with Crippen LogP contribution >= 0.6 is 27.5 Å². The summed E-state index contributed by atoms with van der Waals surface area (Å²) in [4.78, 5) is 7.93. The largest absolute Gasteiger partial charge is 0.379 e. The third-order valence-electron chi connectivity index (χ3n) is 1.99. The Morgan fingerprint density at radius 2 is 2.50 bits per heavy atom. The van der Waals surface area contributed by atoms with Crippen LogP contribution in [-0.4, -0.2) is 29.2 Å². The van der Waals surface area contributed by atoms with Gasteiger partial charge in [0.05, 0.1) is 17.1 Å². The van der Waals surface area contributed by atoms with Crippen LogP contribution in [0.3, 0.4) is 0 Å². The Labute approximate surface area is 95.2 Å². The molecule has 1 saturated heterocycles. The van der Waals surface area contributed by atoms with Gasteiger partial charge in [0.15, 0.2) is 0 Å². The number of anilines is 1. The number of nitrogens with zero attached hydrogens (tertiary/aromatic N) is 2. The molecule has 76 valence electrons. The van der Waals surface area contributed by atoms with Gasteiger partial charge in [0, 0.05) is 12.8 Å². The molecule has 1 N–H and O–H groups in total. The smallest absolute Gasteiger partial charge is 0.224 e. The van der Waals surface area contributed by atoms with Crippen LogP contribution in [0.15, 0.2) is 10.7 Å². The highest BCUT2D eigenvalue weighted by Crippen LogP contribution is 2.22. The first kappa shape index (κ1) is 10.1. The van der Waals surface area contributed by atoms with Crippen LogP contribution in [0, 0.1) is 0 Å². The first-order valence-electron chi connectivity index (χ1n) is 4.28. The summed E-state index contributed by atoms with van der Waals surface area (Å²) >= 11 is 9.04. The fourth-order valence-corrected chi connectivity index (χ4v) is 1.73. The molecule has 0 bridgehead atoms. The molecule has 2 heterocycles. The van der Waals surface area contributed by atoms with Crippen LogP contribution in [0.2, 0.25) is 5.28 Å². The van der Waals surface area contributed by atoms with Gasteiger partial charge in [-0.05, 0) is 34.0 Å². The molecular weight excluding hydrogens is 269 g/mol. The Morgan fingerprint density at radius 3 is 3.21 bits per heavy atom. The molecule has 1 fully saturated rings. The Hall–Kier alpha value is -0.390. The highest BCUT2D eigenvalue weighted by molar-refractivity contribution is 9.10. The van der Waals surface area contributed by atoms with Gasteiger partial charge in [0.25, 0.3) is 0 Å². The van der Waals surface area contributed by atoms with E-state index in [1.165, 1.54) is 0 Å². The van der Waals surface area contributed by atoms with Gasteiger partial charge in [0.2, 0.25) is 5.28 Å². The zero-order valence-corrected chi connectivity index (χ0v) is 9.68. The summed E-state index contributed by atoms with van der Waals surface area (Å²) in [6.45, 7) is 1.52. The van der Waals surface area contributed by atoms with Crippen molar-refractivity contribution < 1.29 is 4.74 Å². The Balaban J connectivity index is 2.10. The van der Waals surface area contributed by atoms with Gasteiger partial charge in [-0.1, -0.05) is 0 Å². The van der Waals surface area contributed by atoms with Crippen LogP contribution in [-0.2, 0) is 4.74 Å². The van der Waals surface area contributed by atoms with Crippen LogP contribution in [0.1, 0.15) is 6.42 Å². The minimum absolute atomic E-state index is 0.245. The van der Waals surface area contributed by atoms with Crippen molar-refractivity contribution >= 4 is 33.3 Å². The van der Waals surface area contributed by atoms with Crippen molar-refractivity contribution in [3.8, 4) is 0 Å². The number of hydrogen-bond donors (Lipinski definition) is 1. The molecule has 0 aromatic carbocycles. The lowest BCUT2D eigenvalue weighted by molar-refractivity contribution is 0.195. The van der Waals surface area contributed by atoms with Crippen molar-refractivity contribution in [3.05, 3.63) is 16.0 Å². The van der Waals surface area contributed by atoms with Gasteiger partial charge >= 0.3 is 0 Å². The molecule has 0 aliphatic carbocycles. The van der Waals surface area contributed by atoms with Crippen LogP contribution < -0.4 is 5.32 Å². The van der Waals surface area contributed by atoms with E-state index in [1.54, 1.807) is 6.20 Å². The van der Waals surface area contributed by atoms with E-state index in [0.29, 0.717) is 12.6 Å². The second-order valence-corrected chi connectivity index (χ2v) is 4.23. The average molecular weight is 279 g/mol. The molecule has 1 aliphatic heterocycles. The molecular formula is C8H9BrClN3O. The lowest BCUT2D eigenvalue weighted by atomic mass is 10.2. The van der Waals surface area contributed by atoms with Gasteiger partial charge < -0.3 is 10.1 Å². The zero-order valence-electron chi connectivity index (χ0n) is 7.33. The Kier molecular flexibility index (Phi) is 3.20. The number of aromatic nitrogens is 2. The van der Waals surface area contributed by atoms with Crippen molar-refractivity contribution in [2.24, 2.45) is 0 Å². The lowest BCUT2D eigenvalue weighted by Gasteiger charge is -2.12. The maximum atomic E-state index is 5.69. The first-order valence-corrected chi connectivity index (χ1v) is 5.45. The Bertz CT molecular complexity index is 330. The third-order valence-corrected chi connectivity index (χ3v) is 2.75. The van der Waals surface area contributed by atoms with E-state index < -0.39 is 0 Å². The van der Waals surface area contributed by atoms with Gasteiger partial charge in [0.1, 0.15) is 5.82 Å². The van der Waals surface area contributed by atoms with Gasteiger partial charge in [-0.15, -0.1) is 0 Å². The molecule has 1 unspecified atom stereocenters. The van der Waals surface area contributed by atoms with E-state index in [9.17, 15) is 0 Å². The van der Waals surface area contributed by atoms with Crippen LogP contribution in [0.25, 0.3) is 0 Å². The molecule has 0 saturated carbocycles. The summed E-state index contributed by atoms with van der Waals surface area (Å²) < 4.78 is 6.06. The SMILES string of the molecule is Clc1ncc(Br)c(NC2CCOC2)n1. The third kappa shape index (κ3) is 2.34. The Morgan fingerprint density at radius 1 is 1.64 bits per heavy atom. The van der Waals surface area contributed by atoms with E-state index in [4.69, 9.17) is 16.3 Å². The predicted molar refractivity (Wildman–Crippen MR) is 57.6 cm³/mol. The van der Waals surface area contributed by atoms with Crippen molar-refractivity contribution in [1.82, 2.24) is 9.97 Å². The van der Waals surface area contributed by atoms with Crippen LogP contribution in [0.5, 0.6) is 0 Å². The van der Waals surface area contributed by atoms with Crippen molar-refractivity contribution in [2.75, 3.05) is 18.5 Å². The highest BCUT2D eigenvalue weighted by atomic mass is 79.9. The summed E-state index contributed by atoms with van der Waals surface area (Å²) in [5, 5.41) is 3.49. The summed E-state index contributed by atoms with van der Waals surface area (Å²) in [5.74, 6) is 0.723. The lowest BCUT2D eigenvalue weighted by Crippen LogP contribution is -2.20. The number of nitrogens with one attached hydrogen (secondary N) is 1. The topological polar surface area (TPSA) is 47.0 Å². The van der Waals surface area contributed by atoms with Crippen molar-refractivity contribution in [1.29, 1.82) is 0 Å². The molecule has 1 atom stereocenters. The molecule has 1 aromatic rings. The molecule has 14 heavy (non-hydrogen) atoms. The van der Waals surface area contributed by atoms with Crippen LogP contribution in [0.4, 0.5) is 5.82 Å². The molecule has 0 amide bonds. The van der Waals surface area contributed by atoms with Gasteiger partial charge in [-0.25, -0.2) is 4.98 Å². The summed E-state index contributed by atoms with van der Waals surface area (Å²) in [6.07, 6.45) is 2.63. The second-order valence-electron chi connectivity index (χ2n) is 3.04. The molecule has 0 spiro atoms. The van der Waals surface area contributed by atoms with E-state index in [0.717, 1.165) is 23.3 Å². The van der Waals surface area contributed by atoms with E-state index in [-0.39, 0.29) is 5.28 Å². The average Bonchev–Trinajstić information content (AvgIpc) is 2.64. The minimum atomic E-state index is 0.245. The quantitative estimate of drug-likeness (QED) is 0.842. The number of hydrogen-bond acceptors (Lipinski definition) is 4. The maximum absolute atomic E-state index is 5.69. The molecule has 6 heteroatoms. The fourth-order valence-electron chi connectivity index (χ4n) is 1.29. The summed E-state index contributed by atoms with van der Waals surface area (Å²) in [7, 11) is 0. The van der Waals surface area contributed by atoms with E-state index >= 15 is 0 Å². The molecule has 1 aliphatic rings. The molecule has 4 nitrogen and oxygen atoms in total.